The van der Waals surface area contributed by atoms with Gasteiger partial charge in [0.15, 0.2) is 0 Å². The maximum Gasteiger partial charge on any atom is 0.123 e. The molecule has 116 valence electrons. The van der Waals surface area contributed by atoms with Crippen molar-refractivity contribution < 1.29 is 9.13 Å². The van der Waals surface area contributed by atoms with Gasteiger partial charge in [-0.25, -0.2) is 4.39 Å². The van der Waals surface area contributed by atoms with Gasteiger partial charge in [0.05, 0.1) is 24.1 Å². The van der Waals surface area contributed by atoms with Crippen LogP contribution < -0.4 is 10.6 Å². The summed E-state index contributed by atoms with van der Waals surface area (Å²) in [7, 11) is 0. The first kappa shape index (κ1) is 14.9. The Bertz CT molecular complexity index is 624. The van der Waals surface area contributed by atoms with Gasteiger partial charge in [-0.1, -0.05) is 24.3 Å². The topological polar surface area (TPSA) is 38.5 Å². The van der Waals surface area contributed by atoms with Crippen LogP contribution in [0.25, 0.3) is 0 Å². The van der Waals surface area contributed by atoms with Gasteiger partial charge < -0.3 is 15.4 Å². The van der Waals surface area contributed by atoms with E-state index >= 15 is 0 Å². The fourth-order valence-electron chi connectivity index (χ4n) is 2.88. The molecular weight excluding hydrogens is 279 g/mol. The van der Waals surface area contributed by atoms with E-state index in [1.807, 2.05) is 24.3 Å². The molecule has 0 radical (unpaired) electrons. The average molecular weight is 300 g/mol. The molecule has 3 nitrogen and oxygen atoms in total. The van der Waals surface area contributed by atoms with E-state index in [-0.39, 0.29) is 11.9 Å². The molecule has 1 heterocycles. The number of nitrogens with two attached hydrogens (primary N) is 1. The van der Waals surface area contributed by atoms with Gasteiger partial charge in [0.1, 0.15) is 5.82 Å². The third kappa shape index (κ3) is 3.57. The van der Waals surface area contributed by atoms with Crippen molar-refractivity contribution in [2.75, 3.05) is 23.7 Å². The highest BCUT2D eigenvalue weighted by Crippen LogP contribution is 2.26. The summed E-state index contributed by atoms with van der Waals surface area (Å²) in [6.07, 6.45) is 2.15. The fourth-order valence-corrected chi connectivity index (χ4v) is 2.88. The molecule has 1 saturated heterocycles. The Kier molecular flexibility index (Phi) is 4.59. The van der Waals surface area contributed by atoms with Gasteiger partial charge in [0.25, 0.3) is 0 Å². The Hall–Kier alpha value is -2.07. The van der Waals surface area contributed by atoms with Crippen LogP contribution in [0.4, 0.5) is 15.8 Å². The molecule has 0 saturated carbocycles. The summed E-state index contributed by atoms with van der Waals surface area (Å²) in [5.41, 5.74) is 8.83. The van der Waals surface area contributed by atoms with Crippen LogP contribution in [0.1, 0.15) is 18.4 Å². The minimum Gasteiger partial charge on any atom is -0.397 e. The number of nitrogens with zero attached hydrogens (tertiary/aromatic N) is 1. The Morgan fingerprint density at radius 1 is 1.09 bits per heavy atom. The largest absolute Gasteiger partial charge is 0.397 e. The summed E-state index contributed by atoms with van der Waals surface area (Å²) in [6, 6.07) is 14.5. The molecular formula is C18H21FN2O. The van der Waals surface area contributed by atoms with E-state index in [4.69, 9.17) is 10.5 Å². The molecule has 0 aromatic heterocycles. The van der Waals surface area contributed by atoms with Crippen molar-refractivity contribution in [1.82, 2.24) is 0 Å². The number of hydrogen-bond donors (Lipinski definition) is 1. The first-order valence-corrected chi connectivity index (χ1v) is 7.68. The number of nitrogen functional groups attached to an aromatic ring is 1. The zero-order chi connectivity index (χ0) is 15.4. The third-order valence-corrected chi connectivity index (χ3v) is 4.09. The number of anilines is 2. The maximum atomic E-state index is 13.1. The Morgan fingerprint density at radius 3 is 2.59 bits per heavy atom. The van der Waals surface area contributed by atoms with E-state index in [0.717, 1.165) is 42.9 Å². The Labute approximate surface area is 130 Å². The maximum absolute atomic E-state index is 13.1. The molecule has 1 aliphatic rings. The number of halogens is 1. The van der Waals surface area contributed by atoms with Crippen LogP contribution in [-0.2, 0) is 11.3 Å². The van der Waals surface area contributed by atoms with Crippen LogP contribution in [0.5, 0.6) is 0 Å². The molecule has 0 aliphatic carbocycles. The molecule has 0 amide bonds. The van der Waals surface area contributed by atoms with Gasteiger partial charge in [0.2, 0.25) is 0 Å². The standard InChI is InChI=1S/C18H21FN2O/c19-15-5-3-4-14(12-15)13-22-16-8-10-21(11-9-16)18-7-2-1-6-17(18)20/h1-7,12,16H,8-11,13,20H2. The van der Waals surface area contributed by atoms with Crippen molar-refractivity contribution in [3.05, 3.63) is 59.9 Å². The molecule has 4 heteroatoms. The SMILES string of the molecule is Nc1ccccc1N1CCC(OCc2cccc(F)c2)CC1. The van der Waals surface area contributed by atoms with Crippen molar-refractivity contribution >= 4 is 11.4 Å². The predicted octanol–water partition coefficient (Wildman–Crippen LogP) is 3.59. The van der Waals surface area contributed by atoms with Crippen molar-refractivity contribution in [1.29, 1.82) is 0 Å². The average Bonchev–Trinajstić information content (AvgIpc) is 2.54. The first-order valence-electron chi connectivity index (χ1n) is 7.68. The third-order valence-electron chi connectivity index (χ3n) is 4.09. The highest BCUT2D eigenvalue weighted by molar-refractivity contribution is 5.67. The fraction of sp³-hybridized carbons (Fsp3) is 0.333. The van der Waals surface area contributed by atoms with Crippen LogP contribution in [0.2, 0.25) is 0 Å². The Morgan fingerprint density at radius 2 is 1.86 bits per heavy atom. The summed E-state index contributed by atoms with van der Waals surface area (Å²) >= 11 is 0. The van der Waals surface area contributed by atoms with E-state index in [1.54, 1.807) is 6.07 Å². The molecule has 22 heavy (non-hydrogen) atoms. The van der Waals surface area contributed by atoms with Crippen molar-refractivity contribution in [2.24, 2.45) is 0 Å². The molecule has 0 spiro atoms. The summed E-state index contributed by atoms with van der Waals surface area (Å²) in [4.78, 5) is 2.30. The molecule has 2 N–H and O–H groups in total. The van der Waals surface area contributed by atoms with E-state index in [2.05, 4.69) is 11.0 Å². The normalized spacial score (nSPS) is 16.0. The second-order valence-electron chi connectivity index (χ2n) is 5.69. The van der Waals surface area contributed by atoms with Crippen LogP contribution in [-0.4, -0.2) is 19.2 Å². The number of rotatable bonds is 4. The van der Waals surface area contributed by atoms with Crippen LogP contribution in [0, 0.1) is 5.82 Å². The molecule has 0 unspecified atom stereocenters. The van der Waals surface area contributed by atoms with Gasteiger partial charge in [-0.2, -0.15) is 0 Å². The van der Waals surface area contributed by atoms with Gasteiger partial charge in [0, 0.05) is 13.1 Å². The minimum absolute atomic E-state index is 0.213. The van der Waals surface area contributed by atoms with E-state index in [0.29, 0.717) is 6.61 Å². The number of hydrogen-bond acceptors (Lipinski definition) is 3. The van der Waals surface area contributed by atoms with Crippen molar-refractivity contribution in [2.45, 2.75) is 25.6 Å². The molecule has 2 aromatic rings. The molecule has 2 aromatic carbocycles. The monoisotopic (exact) mass is 300 g/mol. The second-order valence-corrected chi connectivity index (χ2v) is 5.69. The van der Waals surface area contributed by atoms with Gasteiger partial charge in [-0.15, -0.1) is 0 Å². The van der Waals surface area contributed by atoms with Crippen molar-refractivity contribution in [3.63, 3.8) is 0 Å². The Balaban J connectivity index is 1.51. The summed E-state index contributed by atoms with van der Waals surface area (Å²) in [5.74, 6) is -0.213. The highest BCUT2D eigenvalue weighted by Gasteiger charge is 2.20. The molecule has 1 fully saturated rings. The molecule has 1 aliphatic heterocycles. The second kappa shape index (κ2) is 6.79. The number of benzene rings is 2. The molecule has 3 rings (SSSR count). The van der Waals surface area contributed by atoms with Crippen LogP contribution in [0.3, 0.4) is 0 Å². The number of ether oxygens (including phenoxy) is 1. The number of piperidine rings is 1. The lowest BCUT2D eigenvalue weighted by Crippen LogP contribution is -2.37. The number of para-hydroxylation sites is 2. The lowest BCUT2D eigenvalue weighted by atomic mass is 10.1. The van der Waals surface area contributed by atoms with Crippen LogP contribution >= 0.6 is 0 Å². The van der Waals surface area contributed by atoms with E-state index in [1.165, 1.54) is 12.1 Å². The summed E-state index contributed by atoms with van der Waals surface area (Å²) < 4.78 is 19.0. The lowest BCUT2D eigenvalue weighted by molar-refractivity contribution is 0.0250. The van der Waals surface area contributed by atoms with E-state index < -0.39 is 0 Å². The molecule has 0 atom stereocenters. The summed E-state index contributed by atoms with van der Waals surface area (Å²) in [6.45, 7) is 2.33. The minimum atomic E-state index is -0.213. The van der Waals surface area contributed by atoms with Gasteiger partial charge >= 0.3 is 0 Å². The first-order chi connectivity index (χ1) is 10.7. The van der Waals surface area contributed by atoms with Crippen molar-refractivity contribution in [3.8, 4) is 0 Å². The smallest absolute Gasteiger partial charge is 0.123 e. The molecule has 0 bridgehead atoms. The zero-order valence-corrected chi connectivity index (χ0v) is 12.5. The lowest BCUT2D eigenvalue weighted by Gasteiger charge is -2.34. The van der Waals surface area contributed by atoms with Gasteiger partial charge in [-0.05, 0) is 42.7 Å². The predicted molar refractivity (Wildman–Crippen MR) is 87.3 cm³/mol. The van der Waals surface area contributed by atoms with Crippen LogP contribution in [0.15, 0.2) is 48.5 Å². The summed E-state index contributed by atoms with van der Waals surface area (Å²) in [5, 5.41) is 0. The highest BCUT2D eigenvalue weighted by atomic mass is 19.1. The zero-order valence-electron chi connectivity index (χ0n) is 12.5. The van der Waals surface area contributed by atoms with E-state index in [9.17, 15) is 4.39 Å². The quantitative estimate of drug-likeness (QED) is 0.877. The van der Waals surface area contributed by atoms with Gasteiger partial charge in [-0.3, -0.25) is 0 Å².